The molecule has 0 unspecified atom stereocenters. The van der Waals surface area contributed by atoms with E-state index in [9.17, 15) is 4.79 Å². The number of benzene rings is 2. The molecule has 1 heterocycles. The van der Waals surface area contributed by atoms with Crippen LogP contribution in [-0.2, 0) is 6.42 Å². The van der Waals surface area contributed by atoms with Gasteiger partial charge in [-0.05, 0) is 55.3 Å². The molecule has 4 nitrogen and oxygen atoms in total. The van der Waals surface area contributed by atoms with Crippen molar-refractivity contribution in [3.05, 3.63) is 52.0 Å². The van der Waals surface area contributed by atoms with E-state index in [1.54, 1.807) is 32.4 Å². The Balaban J connectivity index is 1.98. The third-order valence-corrected chi connectivity index (χ3v) is 4.60. The number of carbonyl (C=O) groups excluding carboxylic acids is 1. The highest BCUT2D eigenvalue weighted by Crippen LogP contribution is 2.36. The van der Waals surface area contributed by atoms with Gasteiger partial charge in [-0.25, -0.2) is 0 Å². The van der Waals surface area contributed by atoms with E-state index in [2.05, 4.69) is 28.9 Å². The van der Waals surface area contributed by atoms with E-state index in [1.165, 1.54) is 5.56 Å². The SMILES string of the molecule is COc1ccc(C(=O)N2c3ccc(Br)cc3C[C@H]2C)cc1OC. The van der Waals surface area contributed by atoms with E-state index >= 15 is 0 Å². The molecule has 5 heteroatoms. The zero-order valence-corrected chi connectivity index (χ0v) is 14.9. The third kappa shape index (κ3) is 2.81. The van der Waals surface area contributed by atoms with Crippen molar-refractivity contribution in [2.45, 2.75) is 19.4 Å². The van der Waals surface area contributed by atoms with Gasteiger partial charge in [-0.2, -0.15) is 0 Å². The van der Waals surface area contributed by atoms with Crippen LogP contribution in [0.15, 0.2) is 40.9 Å². The van der Waals surface area contributed by atoms with E-state index in [0.29, 0.717) is 17.1 Å². The fraction of sp³-hybridized carbons (Fsp3) is 0.278. The summed E-state index contributed by atoms with van der Waals surface area (Å²) in [6.45, 7) is 2.06. The van der Waals surface area contributed by atoms with Gasteiger partial charge in [0.05, 0.1) is 14.2 Å². The van der Waals surface area contributed by atoms with Gasteiger partial charge >= 0.3 is 0 Å². The van der Waals surface area contributed by atoms with E-state index < -0.39 is 0 Å². The maximum atomic E-state index is 13.0. The van der Waals surface area contributed by atoms with Crippen LogP contribution in [0.4, 0.5) is 5.69 Å². The van der Waals surface area contributed by atoms with Crippen molar-refractivity contribution in [2.24, 2.45) is 0 Å². The topological polar surface area (TPSA) is 38.8 Å². The summed E-state index contributed by atoms with van der Waals surface area (Å²) in [4.78, 5) is 14.8. The highest BCUT2D eigenvalue weighted by atomic mass is 79.9. The second-order valence-corrected chi connectivity index (χ2v) is 6.49. The second-order valence-electron chi connectivity index (χ2n) is 5.57. The Hall–Kier alpha value is -2.01. The molecule has 0 radical (unpaired) electrons. The summed E-state index contributed by atoms with van der Waals surface area (Å²) in [5.74, 6) is 1.14. The minimum atomic E-state index is -0.0282. The highest BCUT2D eigenvalue weighted by molar-refractivity contribution is 9.10. The van der Waals surface area contributed by atoms with Crippen LogP contribution < -0.4 is 14.4 Å². The zero-order valence-electron chi connectivity index (χ0n) is 13.3. The minimum absolute atomic E-state index is 0.0282. The largest absolute Gasteiger partial charge is 0.493 e. The summed E-state index contributed by atoms with van der Waals surface area (Å²) < 4.78 is 11.6. The lowest BCUT2D eigenvalue weighted by Gasteiger charge is -2.23. The predicted octanol–water partition coefficient (Wildman–Crippen LogP) is 4.06. The number of fused-ring (bicyclic) bond motifs is 1. The molecule has 1 aliphatic rings. The number of hydrogen-bond donors (Lipinski definition) is 0. The first-order valence-electron chi connectivity index (χ1n) is 7.39. The molecule has 0 saturated heterocycles. The molecular weight excluding hydrogens is 358 g/mol. The van der Waals surface area contributed by atoms with Gasteiger partial charge in [0, 0.05) is 21.8 Å². The number of methoxy groups -OCH3 is 2. The number of rotatable bonds is 3. The number of carbonyl (C=O) groups is 1. The van der Waals surface area contributed by atoms with Crippen LogP contribution in [0.5, 0.6) is 11.5 Å². The van der Waals surface area contributed by atoms with Gasteiger partial charge in [0.15, 0.2) is 11.5 Å². The van der Waals surface area contributed by atoms with E-state index in [1.807, 2.05) is 17.0 Å². The summed E-state index contributed by atoms with van der Waals surface area (Å²) in [5, 5.41) is 0. The Bertz CT molecular complexity index is 760. The molecule has 0 saturated carbocycles. The number of nitrogens with zero attached hydrogens (tertiary/aromatic N) is 1. The number of ether oxygens (including phenoxy) is 2. The molecule has 0 N–H and O–H groups in total. The normalized spacial score (nSPS) is 16.2. The van der Waals surface area contributed by atoms with Crippen LogP contribution >= 0.6 is 15.9 Å². The van der Waals surface area contributed by atoms with Gasteiger partial charge in [0.2, 0.25) is 0 Å². The first kappa shape index (κ1) is 15.9. The maximum absolute atomic E-state index is 13.0. The maximum Gasteiger partial charge on any atom is 0.258 e. The van der Waals surface area contributed by atoms with Crippen molar-refractivity contribution < 1.29 is 14.3 Å². The van der Waals surface area contributed by atoms with Crippen LogP contribution in [0, 0.1) is 0 Å². The number of halogens is 1. The highest BCUT2D eigenvalue weighted by Gasteiger charge is 2.31. The Morgan fingerprint density at radius 1 is 1.13 bits per heavy atom. The van der Waals surface area contributed by atoms with Crippen molar-refractivity contribution in [1.82, 2.24) is 0 Å². The van der Waals surface area contributed by atoms with Crippen LogP contribution in [0.2, 0.25) is 0 Å². The lowest BCUT2D eigenvalue weighted by molar-refractivity contribution is 0.0981. The molecule has 3 rings (SSSR count). The van der Waals surface area contributed by atoms with Crippen molar-refractivity contribution in [2.75, 3.05) is 19.1 Å². The quantitative estimate of drug-likeness (QED) is 0.811. The molecule has 0 fully saturated rings. The fourth-order valence-corrected chi connectivity index (χ4v) is 3.43. The van der Waals surface area contributed by atoms with Gasteiger partial charge in [0.1, 0.15) is 0 Å². The smallest absolute Gasteiger partial charge is 0.258 e. The van der Waals surface area contributed by atoms with Crippen molar-refractivity contribution in [3.8, 4) is 11.5 Å². The Labute approximate surface area is 144 Å². The van der Waals surface area contributed by atoms with Crippen LogP contribution in [0.3, 0.4) is 0 Å². The van der Waals surface area contributed by atoms with Crippen LogP contribution in [0.1, 0.15) is 22.8 Å². The molecule has 1 amide bonds. The zero-order chi connectivity index (χ0) is 16.6. The number of amides is 1. The van der Waals surface area contributed by atoms with Gasteiger partial charge in [0.25, 0.3) is 5.91 Å². The molecule has 0 spiro atoms. The Morgan fingerprint density at radius 3 is 2.57 bits per heavy atom. The van der Waals surface area contributed by atoms with Crippen molar-refractivity contribution in [1.29, 1.82) is 0 Å². The molecule has 2 aromatic carbocycles. The summed E-state index contributed by atoms with van der Waals surface area (Å²) in [5.41, 5.74) is 2.74. The average Bonchev–Trinajstić information content (AvgIpc) is 2.88. The summed E-state index contributed by atoms with van der Waals surface area (Å²) >= 11 is 3.49. The summed E-state index contributed by atoms with van der Waals surface area (Å²) in [7, 11) is 3.15. The lowest BCUT2D eigenvalue weighted by atomic mass is 10.1. The minimum Gasteiger partial charge on any atom is -0.493 e. The molecule has 0 aliphatic carbocycles. The molecule has 23 heavy (non-hydrogen) atoms. The molecule has 1 aliphatic heterocycles. The first-order chi connectivity index (χ1) is 11.0. The van der Waals surface area contributed by atoms with E-state index in [4.69, 9.17) is 9.47 Å². The lowest BCUT2D eigenvalue weighted by Crippen LogP contribution is -2.35. The third-order valence-electron chi connectivity index (χ3n) is 4.11. The van der Waals surface area contributed by atoms with Crippen LogP contribution in [-0.4, -0.2) is 26.2 Å². The summed E-state index contributed by atoms with van der Waals surface area (Å²) in [6, 6.07) is 11.4. The van der Waals surface area contributed by atoms with Crippen molar-refractivity contribution >= 4 is 27.5 Å². The molecular formula is C18H18BrNO3. The fourth-order valence-electron chi connectivity index (χ4n) is 3.02. The monoisotopic (exact) mass is 375 g/mol. The predicted molar refractivity (Wildman–Crippen MR) is 93.7 cm³/mol. The van der Waals surface area contributed by atoms with Crippen molar-refractivity contribution in [3.63, 3.8) is 0 Å². The van der Waals surface area contributed by atoms with Crippen LogP contribution in [0.25, 0.3) is 0 Å². The Kier molecular flexibility index (Phi) is 4.31. The first-order valence-corrected chi connectivity index (χ1v) is 8.18. The molecule has 2 aromatic rings. The average molecular weight is 376 g/mol. The number of anilines is 1. The summed E-state index contributed by atoms with van der Waals surface area (Å²) in [6.07, 6.45) is 0.855. The van der Waals surface area contributed by atoms with Gasteiger partial charge in [-0.15, -0.1) is 0 Å². The molecule has 1 atom stereocenters. The van der Waals surface area contributed by atoms with Gasteiger partial charge in [-0.1, -0.05) is 15.9 Å². The molecule has 0 bridgehead atoms. The standard InChI is InChI=1S/C18H18BrNO3/c1-11-8-13-9-14(19)5-6-15(13)20(11)18(21)12-4-7-16(22-2)17(10-12)23-3/h4-7,9-11H,8H2,1-3H3/t11-/m1/s1. The Morgan fingerprint density at radius 2 is 1.87 bits per heavy atom. The van der Waals surface area contributed by atoms with E-state index in [-0.39, 0.29) is 11.9 Å². The van der Waals surface area contributed by atoms with Gasteiger partial charge < -0.3 is 14.4 Å². The second kappa shape index (κ2) is 6.24. The molecule has 120 valence electrons. The van der Waals surface area contributed by atoms with E-state index in [0.717, 1.165) is 16.6 Å². The number of hydrogen-bond acceptors (Lipinski definition) is 3. The van der Waals surface area contributed by atoms with Gasteiger partial charge in [-0.3, -0.25) is 4.79 Å². The molecule has 0 aromatic heterocycles.